The summed E-state index contributed by atoms with van der Waals surface area (Å²) in [4.78, 5) is 68.3. The van der Waals surface area contributed by atoms with E-state index in [0.717, 1.165) is 25.7 Å². The van der Waals surface area contributed by atoms with Gasteiger partial charge in [0.15, 0.2) is 11.5 Å². The number of carbonyl (C=O) groups is 4. The number of unbranched alkanes of at least 4 members (excludes halogenated alkanes) is 1. The van der Waals surface area contributed by atoms with Crippen LogP contribution in [0.4, 0.5) is 0 Å². The van der Waals surface area contributed by atoms with Gasteiger partial charge in [-0.1, -0.05) is 33.1 Å². The van der Waals surface area contributed by atoms with Crippen molar-refractivity contribution in [2.45, 2.75) is 129 Å². The van der Waals surface area contributed by atoms with Crippen molar-refractivity contribution in [3.05, 3.63) is 40.6 Å². The molecule has 0 fully saturated rings. The Morgan fingerprint density at radius 3 is 1.65 bits per heavy atom. The van der Waals surface area contributed by atoms with Crippen LogP contribution in [0, 0.1) is 27.6 Å². The zero-order valence-electron chi connectivity index (χ0n) is 35.5. The Morgan fingerprint density at radius 2 is 1.16 bits per heavy atom. The molecule has 11 nitrogen and oxygen atoms in total. The predicted molar refractivity (Wildman–Crippen MR) is 214 cm³/mol. The number of esters is 4. The van der Waals surface area contributed by atoms with Gasteiger partial charge in [-0.3, -0.25) is 24.0 Å². The van der Waals surface area contributed by atoms with E-state index >= 15 is 0 Å². The Hall–Kier alpha value is -4.67. The lowest BCUT2D eigenvalue weighted by Gasteiger charge is -2.27. The van der Waals surface area contributed by atoms with Crippen molar-refractivity contribution in [3.63, 3.8) is 0 Å². The molecule has 1 unspecified atom stereocenters. The van der Waals surface area contributed by atoms with E-state index in [9.17, 15) is 24.0 Å². The summed E-state index contributed by atoms with van der Waals surface area (Å²) in [6, 6.07) is 7.78. The molecule has 2 aromatic carbocycles. The van der Waals surface area contributed by atoms with Crippen molar-refractivity contribution in [1.29, 1.82) is 0 Å². The van der Waals surface area contributed by atoms with E-state index in [1.54, 1.807) is 107 Å². The number of fused-ring (bicyclic) bond motifs is 1. The van der Waals surface area contributed by atoms with Crippen molar-refractivity contribution in [2.75, 3.05) is 7.11 Å². The molecule has 3 rings (SSSR count). The highest BCUT2D eigenvalue weighted by atomic mass is 16.6. The van der Waals surface area contributed by atoms with Gasteiger partial charge in [-0.2, -0.15) is 0 Å². The van der Waals surface area contributed by atoms with Crippen molar-refractivity contribution in [1.82, 2.24) is 4.57 Å². The number of benzene rings is 2. The topological polar surface area (TPSA) is 136 Å². The minimum Gasteiger partial charge on any atom is -0.493 e. The van der Waals surface area contributed by atoms with E-state index < -0.39 is 51.0 Å². The van der Waals surface area contributed by atoms with Gasteiger partial charge in [-0.25, -0.2) is 0 Å². The van der Waals surface area contributed by atoms with Crippen LogP contribution in [0.3, 0.4) is 0 Å². The molecule has 0 bridgehead atoms. The fourth-order valence-corrected chi connectivity index (χ4v) is 5.28. The number of pyridine rings is 1. The third-order valence-corrected chi connectivity index (χ3v) is 8.95. The Bertz CT molecular complexity index is 1980. The molecule has 55 heavy (non-hydrogen) atoms. The van der Waals surface area contributed by atoms with Crippen LogP contribution in [-0.4, -0.2) is 35.6 Å². The van der Waals surface area contributed by atoms with Crippen molar-refractivity contribution >= 4 is 34.8 Å². The second-order valence-corrected chi connectivity index (χ2v) is 18.3. The summed E-state index contributed by atoms with van der Waals surface area (Å²) in [6.45, 7) is 25.0. The monoisotopic (exact) mass is 763 g/mol. The molecule has 0 aliphatic carbocycles. The molecule has 302 valence electrons. The minimum absolute atomic E-state index is 0.0262. The van der Waals surface area contributed by atoms with Gasteiger partial charge in [-0.15, -0.1) is 0 Å². The van der Waals surface area contributed by atoms with E-state index in [0.29, 0.717) is 17.6 Å². The molecule has 0 aliphatic rings. The second kappa shape index (κ2) is 17.0. The van der Waals surface area contributed by atoms with E-state index in [-0.39, 0.29) is 45.7 Å². The highest BCUT2D eigenvalue weighted by molar-refractivity contribution is 5.95. The van der Waals surface area contributed by atoms with Gasteiger partial charge in [0.05, 0.1) is 45.4 Å². The van der Waals surface area contributed by atoms with Crippen LogP contribution in [0.1, 0.15) is 123 Å². The molecule has 1 aromatic heterocycles. The summed E-state index contributed by atoms with van der Waals surface area (Å²) in [6.07, 6.45) is 3.55. The van der Waals surface area contributed by atoms with Crippen LogP contribution < -0.4 is 29.1 Å². The third kappa shape index (κ3) is 11.0. The summed E-state index contributed by atoms with van der Waals surface area (Å²) in [5, 5.41) is -0.0262. The number of aromatic nitrogens is 1. The Kier molecular flexibility index (Phi) is 13.8. The van der Waals surface area contributed by atoms with Gasteiger partial charge in [0.25, 0.3) is 0 Å². The standard InChI is InChI=1S/C44H61NO10/c1-16-18-19-26(17-2)25-45-29-23-28(52-37(47)41(3,4)5)24-32(54-39(49)43(9,10)11)33(29)35(46)36(55-40(50)44(12,13)14)34(45)27-20-21-30(31(22-27)51-15)53-38(48)42(6,7)8/h20-24,26H,16-19,25H2,1-15H3. The van der Waals surface area contributed by atoms with Crippen molar-refractivity contribution < 1.29 is 42.9 Å². The lowest BCUT2D eigenvalue weighted by Crippen LogP contribution is -2.30. The molecule has 0 saturated carbocycles. The average molecular weight is 764 g/mol. The molecule has 0 radical (unpaired) electrons. The highest BCUT2D eigenvalue weighted by Crippen LogP contribution is 2.42. The largest absolute Gasteiger partial charge is 0.493 e. The third-order valence-electron chi connectivity index (χ3n) is 8.95. The molecular weight excluding hydrogens is 702 g/mol. The lowest BCUT2D eigenvalue weighted by atomic mass is 9.96. The zero-order valence-corrected chi connectivity index (χ0v) is 35.5. The van der Waals surface area contributed by atoms with Crippen LogP contribution in [0.2, 0.25) is 0 Å². The Labute approximate surface area is 326 Å². The summed E-state index contributed by atoms with van der Waals surface area (Å²) in [7, 11) is 1.44. The summed E-state index contributed by atoms with van der Waals surface area (Å²) in [5.41, 5.74) is -3.42. The van der Waals surface area contributed by atoms with Gasteiger partial charge in [0.1, 0.15) is 11.5 Å². The van der Waals surface area contributed by atoms with E-state index in [4.69, 9.17) is 23.7 Å². The van der Waals surface area contributed by atoms with E-state index in [2.05, 4.69) is 13.8 Å². The van der Waals surface area contributed by atoms with Crippen LogP contribution in [0.15, 0.2) is 35.1 Å². The van der Waals surface area contributed by atoms with Crippen LogP contribution in [-0.2, 0) is 25.7 Å². The molecule has 0 aliphatic heterocycles. The first kappa shape index (κ1) is 44.7. The van der Waals surface area contributed by atoms with Gasteiger partial charge in [0.2, 0.25) is 11.2 Å². The molecule has 3 aromatic rings. The molecule has 1 heterocycles. The Morgan fingerprint density at radius 1 is 0.655 bits per heavy atom. The molecule has 0 spiro atoms. The average Bonchev–Trinajstić information content (AvgIpc) is 3.06. The molecule has 0 N–H and O–H groups in total. The SMILES string of the molecule is CCCCC(CC)Cn1c(-c2ccc(OC(=O)C(C)(C)C)c(OC)c2)c(OC(=O)C(C)(C)C)c(=O)c2c(OC(=O)C(C)(C)C)cc(OC(=O)C(C)(C)C)cc21. The summed E-state index contributed by atoms with van der Waals surface area (Å²) in [5.74, 6) is -2.22. The first-order valence-electron chi connectivity index (χ1n) is 19.1. The van der Waals surface area contributed by atoms with Crippen molar-refractivity contribution in [3.8, 4) is 40.0 Å². The number of ether oxygens (including phenoxy) is 5. The smallest absolute Gasteiger partial charge is 0.316 e. The molecule has 0 saturated heterocycles. The number of hydrogen-bond donors (Lipinski definition) is 0. The quantitative estimate of drug-likeness (QED) is 0.130. The number of carbonyl (C=O) groups excluding carboxylic acids is 4. The Balaban J connectivity index is 2.65. The lowest BCUT2D eigenvalue weighted by molar-refractivity contribution is -0.144. The summed E-state index contributed by atoms with van der Waals surface area (Å²) >= 11 is 0. The normalized spacial score (nSPS) is 12.9. The second-order valence-electron chi connectivity index (χ2n) is 18.3. The fourth-order valence-electron chi connectivity index (χ4n) is 5.28. The molecule has 1 atom stereocenters. The predicted octanol–water partition coefficient (Wildman–Crippen LogP) is 9.70. The maximum absolute atomic E-state index is 15.0. The van der Waals surface area contributed by atoms with Gasteiger partial charge in [0, 0.05) is 24.2 Å². The molecule has 0 amide bonds. The van der Waals surface area contributed by atoms with Crippen LogP contribution in [0.5, 0.6) is 28.7 Å². The number of nitrogens with zero attached hydrogens (tertiary/aromatic N) is 1. The highest BCUT2D eigenvalue weighted by Gasteiger charge is 2.33. The number of rotatable bonds is 12. The van der Waals surface area contributed by atoms with Gasteiger partial charge in [-0.05, 0) is 114 Å². The summed E-state index contributed by atoms with van der Waals surface area (Å²) < 4.78 is 31.3. The van der Waals surface area contributed by atoms with Crippen LogP contribution in [0.25, 0.3) is 22.2 Å². The number of hydrogen-bond acceptors (Lipinski definition) is 10. The van der Waals surface area contributed by atoms with Crippen molar-refractivity contribution in [2.24, 2.45) is 27.6 Å². The fraction of sp³-hybridized carbons (Fsp3) is 0.568. The zero-order chi connectivity index (χ0) is 41.8. The molecular formula is C44H61NO10. The van der Waals surface area contributed by atoms with Gasteiger partial charge < -0.3 is 28.3 Å². The van der Waals surface area contributed by atoms with E-state index in [1.165, 1.54) is 13.2 Å². The first-order valence-corrected chi connectivity index (χ1v) is 19.1. The number of methoxy groups -OCH3 is 1. The van der Waals surface area contributed by atoms with Crippen LogP contribution >= 0.6 is 0 Å². The molecule has 11 heteroatoms. The maximum atomic E-state index is 15.0. The minimum atomic E-state index is -1.01. The first-order chi connectivity index (χ1) is 25.2. The van der Waals surface area contributed by atoms with E-state index in [1.807, 2.05) is 4.57 Å². The van der Waals surface area contributed by atoms with Gasteiger partial charge >= 0.3 is 23.9 Å². The maximum Gasteiger partial charge on any atom is 0.316 e.